The number of aromatic nitrogens is 1. The van der Waals surface area contributed by atoms with Gasteiger partial charge in [0.25, 0.3) is 0 Å². The van der Waals surface area contributed by atoms with Crippen molar-refractivity contribution in [2.24, 2.45) is 4.99 Å². The molecule has 0 spiro atoms. The van der Waals surface area contributed by atoms with Gasteiger partial charge in [-0.05, 0) is 42.0 Å². The molecular weight excluding hydrogens is 526 g/mol. The van der Waals surface area contributed by atoms with E-state index in [-0.39, 0.29) is 29.8 Å². The minimum Gasteiger partial charge on any atom is -0.497 e. The lowest BCUT2D eigenvalue weighted by Crippen LogP contribution is -2.36. The van der Waals surface area contributed by atoms with Crippen molar-refractivity contribution < 1.29 is 18.6 Å². The van der Waals surface area contributed by atoms with E-state index in [0.29, 0.717) is 30.7 Å². The molecule has 9 heteroatoms. The van der Waals surface area contributed by atoms with Gasteiger partial charge in [0.2, 0.25) is 5.88 Å². The quantitative estimate of drug-likeness (QED) is 0.243. The normalized spacial score (nSPS) is 10.7. The van der Waals surface area contributed by atoms with Gasteiger partial charge in [-0.25, -0.2) is 9.37 Å². The zero-order chi connectivity index (χ0) is 22.1. The second-order valence-electron chi connectivity index (χ2n) is 6.52. The Morgan fingerprint density at radius 2 is 1.66 bits per heavy atom. The summed E-state index contributed by atoms with van der Waals surface area (Å²) in [5.74, 6) is 2.77. The van der Waals surface area contributed by atoms with Crippen LogP contribution in [0.3, 0.4) is 0 Å². The lowest BCUT2D eigenvalue weighted by Gasteiger charge is -2.14. The Morgan fingerprint density at radius 1 is 0.938 bits per heavy atom. The first-order chi connectivity index (χ1) is 15.1. The third-order valence-corrected chi connectivity index (χ3v) is 4.46. The van der Waals surface area contributed by atoms with Gasteiger partial charge in [0.05, 0.1) is 14.2 Å². The highest BCUT2D eigenvalue weighted by Crippen LogP contribution is 2.24. The summed E-state index contributed by atoms with van der Waals surface area (Å²) in [6, 6.07) is 15.1. The van der Waals surface area contributed by atoms with Crippen molar-refractivity contribution in [1.82, 2.24) is 15.6 Å². The summed E-state index contributed by atoms with van der Waals surface area (Å²) < 4.78 is 29.2. The number of ether oxygens (including phenoxy) is 3. The summed E-state index contributed by atoms with van der Waals surface area (Å²) in [6.07, 6.45) is 1.71. The Morgan fingerprint density at radius 3 is 2.28 bits per heavy atom. The number of nitrogens with zero attached hydrogens (tertiary/aromatic N) is 2. The van der Waals surface area contributed by atoms with Gasteiger partial charge in [0, 0.05) is 44.0 Å². The molecule has 0 radical (unpaired) electrons. The lowest BCUT2D eigenvalue weighted by molar-refractivity contribution is 0.390. The molecule has 0 aliphatic heterocycles. The standard InChI is InChI=1S/C23H25FN4O3.HI/c1-25-23(28-15-17-5-8-20(29-2)12-21(17)30-3)27-14-16-4-11-22(26-13-16)31-19-9-6-18(24)7-10-19;/h4-13H,14-15H2,1-3H3,(H2,25,27,28);1H. The summed E-state index contributed by atoms with van der Waals surface area (Å²) in [4.78, 5) is 8.53. The van der Waals surface area contributed by atoms with Crippen LogP contribution >= 0.6 is 24.0 Å². The Kier molecular flexibility index (Phi) is 9.99. The van der Waals surface area contributed by atoms with Crippen LogP contribution in [0, 0.1) is 5.82 Å². The molecule has 0 aliphatic rings. The lowest BCUT2D eigenvalue weighted by atomic mass is 10.2. The van der Waals surface area contributed by atoms with E-state index in [4.69, 9.17) is 14.2 Å². The molecule has 2 aromatic carbocycles. The third-order valence-electron chi connectivity index (χ3n) is 4.46. The topological polar surface area (TPSA) is 77.0 Å². The van der Waals surface area contributed by atoms with Crippen LogP contribution in [0.5, 0.6) is 23.1 Å². The van der Waals surface area contributed by atoms with Gasteiger partial charge in [-0.3, -0.25) is 4.99 Å². The van der Waals surface area contributed by atoms with Crippen LogP contribution in [0.4, 0.5) is 4.39 Å². The smallest absolute Gasteiger partial charge is 0.219 e. The van der Waals surface area contributed by atoms with Gasteiger partial charge in [-0.1, -0.05) is 6.07 Å². The number of aliphatic imine (C=N–C) groups is 1. The van der Waals surface area contributed by atoms with E-state index in [2.05, 4.69) is 20.6 Å². The molecule has 1 heterocycles. The maximum atomic E-state index is 13.0. The van der Waals surface area contributed by atoms with Gasteiger partial charge in [0.1, 0.15) is 23.1 Å². The fourth-order valence-electron chi connectivity index (χ4n) is 2.78. The average molecular weight is 552 g/mol. The number of halogens is 2. The molecule has 0 atom stereocenters. The fraction of sp³-hybridized carbons (Fsp3) is 0.217. The Bertz CT molecular complexity index is 1010. The SMILES string of the molecule is CN=C(NCc1ccc(Oc2ccc(F)cc2)nc1)NCc1ccc(OC)cc1OC.I. The van der Waals surface area contributed by atoms with Crippen LogP contribution in [-0.4, -0.2) is 32.2 Å². The van der Waals surface area contributed by atoms with E-state index in [1.54, 1.807) is 45.7 Å². The first kappa shape index (κ1) is 25.2. The highest BCUT2D eigenvalue weighted by molar-refractivity contribution is 14.0. The Hall–Kier alpha value is -3.08. The maximum Gasteiger partial charge on any atom is 0.219 e. The molecule has 0 aliphatic carbocycles. The third kappa shape index (κ3) is 7.26. The Balaban J connectivity index is 0.00000363. The van der Waals surface area contributed by atoms with Crippen molar-refractivity contribution in [3.8, 4) is 23.1 Å². The van der Waals surface area contributed by atoms with Crippen LogP contribution in [0.1, 0.15) is 11.1 Å². The molecule has 0 saturated heterocycles. The number of methoxy groups -OCH3 is 2. The predicted molar refractivity (Wildman–Crippen MR) is 133 cm³/mol. The number of hydrogen-bond donors (Lipinski definition) is 2. The summed E-state index contributed by atoms with van der Waals surface area (Å²) in [7, 11) is 4.95. The van der Waals surface area contributed by atoms with Crippen molar-refractivity contribution in [2.75, 3.05) is 21.3 Å². The van der Waals surface area contributed by atoms with Gasteiger partial charge >= 0.3 is 0 Å². The number of guanidine groups is 1. The van der Waals surface area contributed by atoms with Gasteiger partial charge in [-0.2, -0.15) is 0 Å². The van der Waals surface area contributed by atoms with Gasteiger partial charge in [-0.15, -0.1) is 24.0 Å². The molecular formula is C23H26FIN4O3. The summed E-state index contributed by atoms with van der Waals surface area (Å²) >= 11 is 0. The number of hydrogen-bond acceptors (Lipinski definition) is 5. The molecule has 3 aromatic rings. The minimum absolute atomic E-state index is 0. The molecule has 3 rings (SSSR count). The summed E-state index contributed by atoms with van der Waals surface area (Å²) in [6.45, 7) is 1.07. The largest absolute Gasteiger partial charge is 0.497 e. The first-order valence-corrected chi connectivity index (χ1v) is 9.65. The molecule has 0 fully saturated rings. The maximum absolute atomic E-state index is 13.0. The zero-order valence-electron chi connectivity index (χ0n) is 18.1. The minimum atomic E-state index is -0.311. The van der Waals surface area contributed by atoms with Gasteiger partial charge in [0.15, 0.2) is 5.96 Å². The molecule has 0 unspecified atom stereocenters. The van der Waals surface area contributed by atoms with Crippen LogP contribution in [0.2, 0.25) is 0 Å². The predicted octanol–water partition coefficient (Wildman–Crippen LogP) is 4.51. The molecule has 0 bridgehead atoms. The highest BCUT2D eigenvalue weighted by atomic mass is 127. The second kappa shape index (κ2) is 12.7. The Labute approximate surface area is 204 Å². The zero-order valence-corrected chi connectivity index (χ0v) is 20.4. The van der Waals surface area contributed by atoms with Crippen LogP contribution in [0.25, 0.3) is 0 Å². The number of pyridine rings is 1. The van der Waals surface area contributed by atoms with E-state index < -0.39 is 0 Å². The molecule has 0 saturated carbocycles. The van der Waals surface area contributed by atoms with E-state index in [1.807, 2.05) is 24.3 Å². The number of rotatable bonds is 8. The van der Waals surface area contributed by atoms with E-state index in [9.17, 15) is 4.39 Å². The van der Waals surface area contributed by atoms with Crippen LogP contribution in [-0.2, 0) is 13.1 Å². The molecule has 1 aromatic heterocycles. The summed E-state index contributed by atoms with van der Waals surface area (Å²) in [5.41, 5.74) is 1.94. The van der Waals surface area contributed by atoms with Crippen molar-refractivity contribution in [1.29, 1.82) is 0 Å². The summed E-state index contributed by atoms with van der Waals surface area (Å²) in [5, 5.41) is 6.50. The number of nitrogens with one attached hydrogen (secondary N) is 2. The van der Waals surface area contributed by atoms with Crippen molar-refractivity contribution in [3.05, 3.63) is 77.7 Å². The van der Waals surface area contributed by atoms with Crippen LogP contribution in [0.15, 0.2) is 65.8 Å². The van der Waals surface area contributed by atoms with Gasteiger partial charge < -0.3 is 24.8 Å². The number of benzene rings is 2. The van der Waals surface area contributed by atoms with Crippen molar-refractivity contribution >= 4 is 29.9 Å². The first-order valence-electron chi connectivity index (χ1n) is 9.65. The molecule has 7 nitrogen and oxygen atoms in total. The van der Waals surface area contributed by atoms with E-state index >= 15 is 0 Å². The van der Waals surface area contributed by atoms with E-state index in [0.717, 1.165) is 22.6 Å². The average Bonchev–Trinajstić information content (AvgIpc) is 2.81. The molecule has 32 heavy (non-hydrogen) atoms. The van der Waals surface area contributed by atoms with Crippen molar-refractivity contribution in [3.63, 3.8) is 0 Å². The second-order valence-corrected chi connectivity index (χ2v) is 6.52. The monoisotopic (exact) mass is 552 g/mol. The van der Waals surface area contributed by atoms with Crippen LogP contribution < -0.4 is 24.8 Å². The molecule has 170 valence electrons. The van der Waals surface area contributed by atoms with Crippen molar-refractivity contribution in [2.45, 2.75) is 13.1 Å². The molecule has 0 amide bonds. The highest BCUT2D eigenvalue weighted by Gasteiger charge is 2.07. The molecule has 2 N–H and O–H groups in total. The van der Waals surface area contributed by atoms with E-state index in [1.165, 1.54) is 12.1 Å². The fourth-order valence-corrected chi connectivity index (χ4v) is 2.78.